The van der Waals surface area contributed by atoms with Gasteiger partial charge < -0.3 is 5.11 Å². The fraction of sp³-hybridized carbons (Fsp3) is 0.625. The first-order chi connectivity index (χ1) is 8.79. The molecule has 0 saturated heterocycles. The predicted molar refractivity (Wildman–Crippen MR) is 78.9 cm³/mol. The van der Waals surface area contributed by atoms with Gasteiger partial charge in [-0.15, -0.1) is 11.8 Å². The molecule has 0 amide bonds. The van der Waals surface area contributed by atoms with Gasteiger partial charge in [-0.1, -0.05) is 31.5 Å². The van der Waals surface area contributed by atoms with Crippen LogP contribution in [0.1, 0.15) is 39.0 Å². The Bertz CT molecular complexity index is 338. The Kier molecular flexibility index (Phi) is 5.58. The van der Waals surface area contributed by atoms with E-state index < -0.39 is 0 Å². The van der Waals surface area contributed by atoms with E-state index in [9.17, 15) is 5.11 Å². The van der Waals surface area contributed by atoms with Gasteiger partial charge in [-0.2, -0.15) is 0 Å². The topological polar surface area (TPSA) is 20.2 Å². The molecule has 100 valence electrons. The Morgan fingerprint density at radius 3 is 2.72 bits per heavy atom. The molecule has 1 aromatic rings. The fourth-order valence-electron chi connectivity index (χ4n) is 2.87. The first-order valence-corrected chi connectivity index (χ1v) is 8.14. The van der Waals surface area contributed by atoms with Gasteiger partial charge in [-0.3, -0.25) is 0 Å². The lowest BCUT2D eigenvalue weighted by molar-refractivity contribution is 0.0461. The highest BCUT2D eigenvalue weighted by Gasteiger charge is 2.27. The molecule has 1 saturated carbocycles. The first kappa shape index (κ1) is 14.0. The molecular formula is C16H24OS. The minimum Gasteiger partial charge on any atom is -0.393 e. The van der Waals surface area contributed by atoms with Gasteiger partial charge in [0.05, 0.1) is 6.10 Å². The van der Waals surface area contributed by atoms with E-state index in [-0.39, 0.29) is 6.10 Å². The van der Waals surface area contributed by atoms with Crippen molar-refractivity contribution in [1.29, 1.82) is 0 Å². The zero-order valence-corrected chi connectivity index (χ0v) is 12.0. The van der Waals surface area contributed by atoms with Gasteiger partial charge in [-0.05, 0) is 55.4 Å². The maximum atomic E-state index is 10.1. The summed E-state index contributed by atoms with van der Waals surface area (Å²) in [7, 11) is 0. The molecule has 0 bridgehead atoms. The van der Waals surface area contributed by atoms with Crippen molar-refractivity contribution < 1.29 is 5.11 Å². The highest BCUT2D eigenvalue weighted by atomic mass is 32.2. The molecule has 18 heavy (non-hydrogen) atoms. The SMILES string of the molecule is CCC1CCC(O)C(CCSc2ccccc2)C1. The number of benzene rings is 1. The third kappa shape index (κ3) is 4.03. The summed E-state index contributed by atoms with van der Waals surface area (Å²) in [6, 6.07) is 10.6. The van der Waals surface area contributed by atoms with Crippen LogP contribution in [-0.2, 0) is 0 Å². The van der Waals surface area contributed by atoms with Gasteiger partial charge in [0.1, 0.15) is 0 Å². The van der Waals surface area contributed by atoms with E-state index >= 15 is 0 Å². The lowest BCUT2D eigenvalue weighted by atomic mass is 9.77. The molecule has 1 aromatic carbocycles. The molecule has 1 nitrogen and oxygen atoms in total. The molecule has 0 heterocycles. The number of thioether (sulfide) groups is 1. The highest BCUT2D eigenvalue weighted by Crippen LogP contribution is 2.34. The Hall–Kier alpha value is -0.470. The Morgan fingerprint density at radius 2 is 2.00 bits per heavy atom. The Morgan fingerprint density at radius 1 is 1.22 bits per heavy atom. The van der Waals surface area contributed by atoms with E-state index in [4.69, 9.17) is 0 Å². The highest BCUT2D eigenvalue weighted by molar-refractivity contribution is 7.99. The number of hydrogen-bond donors (Lipinski definition) is 1. The molecule has 0 spiro atoms. The number of rotatable bonds is 5. The lowest BCUT2D eigenvalue weighted by Crippen LogP contribution is -2.29. The monoisotopic (exact) mass is 264 g/mol. The van der Waals surface area contributed by atoms with Crippen LogP contribution in [0.25, 0.3) is 0 Å². The molecule has 1 aliphatic carbocycles. The van der Waals surface area contributed by atoms with E-state index in [2.05, 4.69) is 37.3 Å². The van der Waals surface area contributed by atoms with Crippen LogP contribution in [0.4, 0.5) is 0 Å². The van der Waals surface area contributed by atoms with Crippen molar-refractivity contribution in [2.24, 2.45) is 11.8 Å². The molecule has 0 aromatic heterocycles. The van der Waals surface area contributed by atoms with Crippen molar-refractivity contribution in [3.63, 3.8) is 0 Å². The van der Waals surface area contributed by atoms with E-state index in [0.717, 1.165) is 24.5 Å². The average Bonchev–Trinajstić information content (AvgIpc) is 2.42. The van der Waals surface area contributed by atoms with Crippen LogP contribution in [0.2, 0.25) is 0 Å². The second-order valence-corrected chi connectivity index (χ2v) is 6.53. The van der Waals surface area contributed by atoms with Gasteiger partial charge in [0.2, 0.25) is 0 Å². The average molecular weight is 264 g/mol. The number of aliphatic hydroxyl groups is 1. The van der Waals surface area contributed by atoms with Crippen LogP contribution in [0.15, 0.2) is 35.2 Å². The third-order valence-electron chi connectivity index (χ3n) is 4.13. The fourth-order valence-corrected chi connectivity index (χ4v) is 3.88. The van der Waals surface area contributed by atoms with Gasteiger partial charge in [0.15, 0.2) is 0 Å². The summed E-state index contributed by atoms with van der Waals surface area (Å²) in [5.41, 5.74) is 0. The van der Waals surface area contributed by atoms with E-state index in [1.54, 1.807) is 0 Å². The van der Waals surface area contributed by atoms with Crippen LogP contribution < -0.4 is 0 Å². The van der Waals surface area contributed by atoms with Crippen LogP contribution in [0, 0.1) is 11.8 Å². The minimum atomic E-state index is -0.0517. The third-order valence-corrected chi connectivity index (χ3v) is 5.17. The lowest BCUT2D eigenvalue weighted by Gasteiger charge is -2.32. The smallest absolute Gasteiger partial charge is 0.0568 e. The van der Waals surface area contributed by atoms with Crippen LogP contribution >= 0.6 is 11.8 Å². The summed E-state index contributed by atoms with van der Waals surface area (Å²) in [5.74, 6) is 2.50. The Labute approximate surface area is 115 Å². The quantitative estimate of drug-likeness (QED) is 0.798. The van der Waals surface area contributed by atoms with Gasteiger partial charge in [-0.25, -0.2) is 0 Å². The van der Waals surface area contributed by atoms with Crippen molar-refractivity contribution in [2.45, 2.75) is 50.0 Å². The van der Waals surface area contributed by atoms with Gasteiger partial charge in [0.25, 0.3) is 0 Å². The van der Waals surface area contributed by atoms with Crippen LogP contribution in [-0.4, -0.2) is 17.0 Å². The maximum absolute atomic E-state index is 10.1. The van der Waals surface area contributed by atoms with Crippen molar-refractivity contribution >= 4 is 11.8 Å². The standard InChI is InChI=1S/C16H24OS/c1-2-13-8-9-16(17)14(12-13)10-11-18-15-6-4-3-5-7-15/h3-7,13-14,16-17H,2,8-12H2,1H3. The second kappa shape index (κ2) is 7.20. The molecule has 1 aliphatic rings. The molecular weight excluding hydrogens is 240 g/mol. The maximum Gasteiger partial charge on any atom is 0.0568 e. The largest absolute Gasteiger partial charge is 0.393 e. The molecule has 2 heteroatoms. The number of hydrogen-bond acceptors (Lipinski definition) is 2. The molecule has 0 radical (unpaired) electrons. The predicted octanol–water partition coefficient (Wildman–Crippen LogP) is 4.36. The summed E-state index contributed by atoms with van der Waals surface area (Å²) in [5, 5.41) is 10.1. The molecule has 1 N–H and O–H groups in total. The molecule has 1 fully saturated rings. The summed E-state index contributed by atoms with van der Waals surface area (Å²) >= 11 is 1.91. The normalized spacial score (nSPS) is 28.2. The van der Waals surface area contributed by atoms with Gasteiger partial charge in [0, 0.05) is 4.90 Å². The zero-order valence-electron chi connectivity index (χ0n) is 11.2. The van der Waals surface area contributed by atoms with Crippen LogP contribution in [0.3, 0.4) is 0 Å². The Balaban J connectivity index is 1.75. The zero-order chi connectivity index (χ0) is 12.8. The molecule has 3 atom stereocenters. The number of aliphatic hydroxyl groups excluding tert-OH is 1. The molecule has 2 rings (SSSR count). The molecule has 3 unspecified atom stereocenters. The van der Waals surface area contributed by atoms with E-state index in [1.165, 1.54) is 24.2 Å². The second-order valence-electron chi connectivity index (χ2n) is 5.36. The van der Waals surface area contributed by atoms with Gasteiger partial charge >= 0.3 is 0 Å². The molecule has 0 aliphatic heterocycles. The summed E-state index contributed by atoms with van der Waals surface area (Å²) < 4.78 is 0. The minimum absolute atomic E-state index is 0.0517. The summed E-state index contributed by atoms with van der Waals surface area (Å²) in [6.45, 7) is 2.28. The van der Waals surface area contributed by atoms with Crippen molar-refractivity contribution in [3.05, 3.63) is 30.3 Å². The van der Waals surface area contributed by atoms with Crippen molar-refractivity contribution in [3.8, 4) is 0 Å². The van der Waals surface area contributed by atoms with Crippen molar-refractivity contribution in [2.75, 3.05) is 5.75 Å². The van der Waals surface area contributed by atoms with E-state index in [1.807, 2.05) is 11.8 Å². The van der Waals surface area contributed by atoms with Crippen LogP contribution in [0.5, 0.6) is 0 Å². The van der Waals surface area contributed by atoms with Crippen molar-refractivity contribution in [1.82, 2.24) is 0 Å². The summed E-state index contributed by atoms with van der Waals surface area (Å²) in [6.07, 6.45) is 5.84. The van der Waals surface area contributed by atoms with E-state index in [0.29, 0.717) is 5.92 Å². The summed E-state index contributed by atoms with van der Waals surface area (Å²) in [4.78, 5) is 1.34. The first-order valence-electron chi connectivity index (χ1n) is 7.15.